The van der Waals surface area contributed by atoms with Gasteiger partial charge < -0.3 is 9.64 Å². The smallest absolute Gasteiger partial charge is 0.281 e. The van der Waals surface area contributed by atoms with E-state index in [2.05, 4.69) is 0 Å². The highest BCUT2D eigenvalue weighted by Crippen LogP contribution is 2.20. The number of piperazine rings is 1. The van der Waals surface area contributed by atoms with Crippen LogP contribution in [0.2, 0.25) is 0 Å². The summed E-state index contributed by atoms with van der Waals surface area (Å²) in [5, 5.41) is 0. The van der Waals surface area contributed by atoms with E-state index in [-0.39, 0.29) is 11.5 Å². The predicted molar refractivity (Wildman–Crippen MR) is 96.9 cm³/mol. The highest BCUT2D eigenvalue weighted by Gasteiger charge is 2.30. The first kappa shape index (κ1) is 19.7. The van der Waals surface area contributed by atoms with Crippen molar-refractivity contribution < 1.29 is 17.9 Å². The van der Waals surface area contributed by atoms with Gasteiger partial charge in [0.15, 0.2) is 0 Å². The SMILES string of the molecule is CN(C)S(=O)(=O)N1CCN(C(=O)c2ccc(OC(C)(C)C)cc2)CC1. The van der Waals surface area contributed by atoms with E-state index in [1.165, 1.54) is 22.7 Å². The van der Waals surface area contributed by atoms with Gasteiger partial charge >= 0.3 is 0 Å². The number of hydrogen-bond donors (Lipinski definition) is 0. The van der Waals surface area contributed by atoms with Crippen LogP contribution in [0.5, 0.6) is 5.75 Å². The lowest BCUT2D eigenvalue weighted by molar-refractivity contribution is 0.0695. The van der Waals surface area contributed by atoms with Crippen molar-refractivity contribution >= 4 is 16.1 Å². The molecule has 2 rings (SSSR count). The third-order valence-electron chi connectivity index (χ3n) is 3.84. The Hall–Kier alpha value is -1.64. The summed E-state index contributed by atoms with van der Waals surface area (Å²) >= 11 is 0. The van der Waals surface area contributed by atoms with Crippen LogP contribution < -0.4 is 4.74 Å². The van der Waals surface area contributed by atoms with Crippen LogP contribution >= 0.6 is 0 Å². The predicted octanol–water partition coefficient (Wildman–Crippen LogP) is 1.43. The molecule has 1 aromatic rings. The Kier molecular flexibility index (Phi) is 5.75. The number of carbonyl (C=O) groups is 1. The maximum atomic E-state index is 12.6. The average Bonchev–Trinajstić information content (AvgIpc) is 2.53. The average molecular weight is 369 g/mol. The van der Waals surface area contributed by atoms with Gasteiger partial charge in [-0.1, -0.05) is 0 Å². The second-order valence-corrected chi connectivity index (χ2v) is 9.36. The number of rotatable bonds is 4. The van der Waals surface area contributed by atoms with Gasteiger partial charge in [-0.15, -0.1) is 0 Å². The zero-order valence-corrected chi connectivity index (χ0v) is 16.3. The van der Waals surface area contributed by atoms with Gasteiger partial charge in [0.1, 0.15) is 11.4 Å². The lowest BCUT2D eigenvalue weighted by Gasteiger charge is -2.35. The molecule has 1 fully saturated rings. The molecule has 1 aromatic carbocycles. The second-order valence-electron chi connectivity index (χ2n) is 7.22. The molecule has 0 spiro atoms. The highest BCUT2D eigenvalue weighted by molar-refractivity contribution is 7.86. The quantitative estimate of drug-likeness (QED) is 0.805. The minimum atomic E-state index is -3.42. The van der Waals surface area contributed by atoms with Gasteiger partial charge in [0.25, 0.3) is 16.1 Å². The fourth-order valence-electron chi connectivity index (χ4n) is 2.55. The normalized spacial score (nSPS) is 17.0. The number of benzene rings is 1. The number of ether oxygens (including phenoxy) is 1. The van der Waals surface area contributed by atoms with E-state index in [0.29, 0.717) is 37.5 Å². The molecule has 0 unspecified atom stereocenters. The molecule has 1 saturated heterocycles. The van der Waals surface area contributed by atoms with E-state index in [1.807, 2.05) is 20.8 Å². The first-order valence-electron chi connectivity index (χ1n) is 8.27. The van der Waals surface area contributed by atoms with Crippen LogP contribution in [0.15, 0.2) is 24.3 Å². The molecule has 0 N–H and O–H groups in total. The van der Waals surface area contributed by atoms with Crippen LogP contribution in [0.4, 0.5) is 0 Å². The molecule has 7 nitrogen and oxygen atoms in total. The summed E-state index contributed by atoms with van der Waals surface area (Å²) in [5.74, 6) is 0.621. The summed E-state index contributed by atoms with van der Waals surface area (Å²) in [4.78, 5) is 14.3. The molecule has 0 bridgehead atoms. The molecule has 0 saturated carbocycles. The lowest BCUT2D eigenvalue weighted by atomic mass is 10.1. The maximum absolute atomic E-state index is 12.6. The number of carbonyl (C=O) groups excluding carboxylic acids is 1. The Morgan fingerprint density at radius 1 is 1.04 bits per heavy atom. The molecule has 25 heavy (non-hydrogen) atoms. The highest BCUT2D eigenvalue weighted by atomic mass is 32.2. The standard InChI is InChI=1S/C17H27N3O4S/c1-17(2,3)24-15-8-6-14(7-9-15)16(21)19-10-12-20(13-11-19)25(22,23)18(4)5/h6-9H,10-13H2,1-5H3. The van der Waals surface area contributed by atoms with Crippen molar-refractivity contribution in [3.63, 3.8) is 0 Å². The van der Waals surface area contributed by atoms with Gasteiger partial charge in [-0.3, -0.25) is 4.79 Å². The van der Waals surface area contributed by atoms with Crippen molar-refractivity contribution in [1.29, 1.82) is 0 Å². The van der Waals surface area contributed by atoms with E-state index in [1.54, 1.807) is 29.2 Å². The second kappa shape index (κ2) is 7.31. The van der Waals surface area contributed by atoms with Crippen molar-refractivity contribution in [3.8, 4) is 5.75 Å². The van der Waals surface area contributed by atoms with Crippen LogP contribution in [-0.4, -0.2) is 73.7 Å². The Morgan fingerprint density at radius 3 is 2.00 bits per heavy atom. The maximum Gasteiger partial charge on any atom is 0.281 e. The van der Waals surface area contributed by atoms with Gasteiger partial charge in [0.2, 0.25) is 0 Å². The Morgan fingerprint density at radius 2 is 1.56 bits per heavy atom. The van der Waals surface area contributed by atoms with Gasteiger partial charge in [-0.05, 0) is 45.0 Å². The van der Waals surface area contributed by atoms with Crippen LogP contribution in [0.25, 0.3) is 0 Å². The molecule has 8 heteroatoms. The van der Waals surface area contributed by atoms with Crippen molar-refractivity contribution in [2.45, 2.75) is 26.4 Å². The minimum Gasteiger partial charge on any atom is -0.488 e. The van der Waals surface area contributed by atoms with E-state index in [0.717, 1.165) is 0 Å². The Bertz CT molecular complexity index is 700. The van der Waals surface area contributed by atoms with Crippen LogP contribution in [0.1, 0.15) is 31.1 Å². The first-order valence-corrected chi connectivity index (χ1v) is 9.66. The third kappa shape index (κ3) is 4.93. The van der Waals surface area contributed by atoms with Gasteiger partial charge in [0.05, 0.1) is 0 Å². The lowest BCUT2D eigenvalue weighted by Crippen LogP contribution is -2.53. The van der Waals surface area contributed by atoms with Crippen molar-refractivity contribution in [1.82, 2.24) is 13.5 Å². The van der Waals surface area contributed by atoms with Gasteiger partial charge in [-0.25, -0.2) is 0 Å². The summed E-state index contributed by atoms with van der Waals surface area (Å²) in [5.41, 5.74) is 0.282. The first-order chi connectivity index (χ1) is 11.5. The Balaban J connectivity index is 1.99. The molecule has 1 aliphatic rings. The molecule has 1 heterocycles. The molecule has 1 aliphatic heterocycles. The third-order valence-corrected chi connectivity index (χ3v) is 5.78. The number of amides is 1. The summed E-state index contributed by atoms with van der Waals surface area (Å²) in [7, 11) is -0.409. The van der Waals surface area contributed by atoms with Gasteiger partial charge in [0, 0.05) is 45.8 Å². The van der Waals surface area contributed by atoms with Crippen molar-refractivity contribution in [3.05, 3.63) is 29.8 Å². The monoisotopic (exact) mass is 369 g/mol. The van der Waals surface area contributed by atoms with E-state index in [9.17, 15) is 13.2 Å². The van der Waals surface area contributed by atoms with Crippen molar-refractivity contribution in [2.24, 2.45) is 0 Å². The summed E-state index contributed by atoms with van der Waals surface area (Å²) in [6, 6.07) is 7.05. The van der Waals surface area contributed by atoms with E-state index in [4.69, 9.17) is 4.74 Å². The fraction of sp³-hybridized carbons (Fsp3) is 0.588. The van der Waals surface area contributed by atoms with Crippen LogP contribution in [-0.2, 0) is 10.2 Å². The molecule has 0 aliphatic carbocycles. The number of nitrogens with zero attached hydrogens (tertiary/aromatic N) is 3. The topological polar surface area (TPSA) is 70.2 Å². The summed E-state index contributed by atoms with van der Waals surface area (Å²) < 4.78 is 32.6. The fourth-order valence-corrected chi connectivity index (χ4v) is 3.64. The number of hydrogen-bond acceptors (Lipinski definition) is 4. The molecule has 0 aromatic heterocycles. The zero-order chi connectivity index (χ0) is 18.8. The summed E-state index contributed by atoms with van der Waals surface area (Å²) in [6.45, 7) is 7.27. The van der Waals surface area contributed by atoms with E-state index >= 15 is 0 Å². The van der Waals surface area contributed by atoms with E-state index < -0.39 is 10.2 Å². The molecule has 1 amide bonds. The molecule has 140 valence electrons. The molecular formula is C17H27N3O4S. The van der Waals surface area contributed by atoms with Crippen LogP contribution in [0.3, 0.4) is 0 Å². The minimum absolute atomic E-state index is 0.0933. The van der Waals surface area contributed by atoms with Crippen LogP contribution in [0, 0.1) is 0 Å². The summed E-state index contributed by atoms with van der Waals surface area (Å²) in [6.07, 6.45) is 0. The molecule has 0 radical (unpaired) electrons. The molecular weight excluding hydrogens is 342 g/mol. The zero-order valence-electron chi connectivity index (χ0n) is 15.5. The van der Waals surface area contributed by atoms with Crippen molar-refractivity contribution in [2.75, 3.05) is 40.3 Å². The molecule has 0 atom stereocenters. The van der Waals surface area contributed by atoms with Gasteiger partial charge in [-0.2, -0.15) is 17.0 Å². The largest absolute Gasteiger partial charge is 0.488 e. The Labute approximate surface area is 150 Å².